The lowest BCUT2D eigenvalue weighted by Crippen LogP contribution is -2.21. The van der Waals surface area contributed by atoms with Crippen molar-refractivity contribution < 1.29 is 18.3 Å². The summed E-state index contributed by atoms with van der Waals surface area (Å²) in [4.78, 5) is 13.5. The van der Waals surface area contributed by atoms with Gasteiger partial charge in [-0.25, -0.2) is 13.6 Å². The molecule has 148 valence electrons. The molecule has 29 heavy (non-hydrogen) atoms. The molecule has 4 rings (SSSR count). The molecule has 0 spiro atoms. The van der Waals surface area contributed by atoms with Gasteiger partial charge in [0.2, 0.25) is 5.16 Å². The van der Waals surface area contributed by atoms with Gasteiger partial charge >= 0.3 is 5.97 Å². The van der Waals surface area contributed by atoms with E-state index in [0.717, 1.165) is 17.0 Å². The van der Waals surface area contributed by atoms with Crippen molar-refractivity contribution in [1.82, 2.24) is 14.9 Å². The van der Waals surface area contributed by atoms with Crippen LogP contribution < -0.4 is 0 Å². The lowest BCUT2D eigenvalue weighted by atomic mass is 10.1. The lowest BCUT2D eigenvalue weighted by Gasteiger charge is -2.15. The number of nitrogens with zero attached hydrogens (tertiary/aromatic N) is 4. The number of rotatable bonds is 5. The Morgan fingerprint density at radius 3 is 2.86 bits per heavy atom. The molecule has 0 bridgehead atoms. The predicted octanol–water partition coefficient (Wildman–Crippen LogP) is 4.24. The summed E-state index contributed by atoms with van der Waals surface area (Å²) in [5.41, 5.74) is 0.929. The van der Waals surface area contributed by atoms with Crippen LogP contribution in [0.5, 0.6) is 0 Å². The fraction of sp³-hybridized carbons (Fsp3) is 0.158. The quantitative estimate of drug-likeness (QED) is 0.446. The zero-order chi connectivity index (χ0) is 20.4. The van der Waals surface area contributed by atoms with E-state index in [1.54, 1.807) is 11.6 Å². The predicted molar refractivity (Wildman–Crippen MR) is 108 cm³/mol. The smallest absolute Gasteiger partial charge is 0.340 e. The minimum absolute atomic E-state index is 0.168. The molecule has 6 nitrogen and oxygen atoms in total. The third-order valence-electron chi connectivity index (χ3n) is 3.97. The van der Waals surface area contributed by atoms with E-state index in [4.69, 9.17) is 4.74 Å². The van der Waals surface area contributed by atoms with Crippen molar-refractivity contribution in [3.05, 3.63) is 58.5 Å². The average molecular weight is 432 g/mol. The monoisotopic (exact) mass is 432 g/mol. The van der Waals surface area contributed by atoms with Crippen molar-refractivity contribution in [2.75, 3.05) is 12.4 Å². The number of ether oxygens (including phenoxy) is 1. The molecule has 1 aliphatic heterocycles. The number of hydrogen-bond acceptors (Lipinski definition) is 7. The second-order valence-electron chi connectivity index (χ2n) is 5.88. The second kappa shape index (κ2) is 8.26. The molecule has 0 saturated heterocycles. The minimum atomic E-state index is -0.997. The Hall–Kier alpha value is -2.85. The van der Waals surface area contributed by atoms with E-state index in [0.29, 0.717) is 28.0 Å². The van der Waals surface area contributed by atoms with Crippen molar-refractivity contribution in [3.63, 3.8) is 0 Å². The van der Waals surface area contributed by atoms with E-state index in [1.807, 2.05) is 17.5 Å². The molecule has 0 radical (unpaired) electrons. The van der Waals surface area contributed by atoms with Gasteiger partial charge in [0.15, 0.2) is 17.5 Å². The number of hydrogen-bond donors (Lipinski definition) is 0. The second-order valence-corrected chi connectivity index (χ2v) is 7.77. The van der Waals surface area contributed by atoms with Gasteiger partial charge in [0.05, 0.1) is 22.8 Å². The van der Waals surface area contributed by atoms with Crippen molar-refractivity contribution >= 4 is 40.9 Å². The Morgan fingerprint density at radius 1 is 1.28 bits per heavy atom. The van der Waals surface area contributed by atoms with Crippen LogP contribution in [0.4, 0.5) is 8.78 Å². The molecule has 0 aliphatic carbocycles. The summed E-state index contributed by atoms with van der Waals surface area (Å²) in [7, 11) is 0. The largest absolute Gasteiger partial charge is 0.462 e. The Kier molecular flexibility index (Phi) is 5.54. The van der Waals surface area contributed by atoms with Crippen LogP contribution in [0, 0.1) is 11.6 Å². The number of carbonyl (C=O) groups is 1. The molecule has 10 heteroatoms. The number of carbonyl (C=O) groups excluding carboxylic acids is 1. The van der Waals surface area contributed by atoms with Crippen LogP contribution in [0.15, 0.2) is 51.5 Å². The Labute approximate surface area is 172 Å². The van der Waals surface area contributed by atoms with Crippen LogP contribution in [0.25, 0.3) is 16.8 Å². The summed E-state index contributed by atoms with van der Waals surface area (Å²) in [6.45, 7) is 1.87. The van der Waals surface area contributed by atoms with Gasteiger partial charge in [-0.3, -0.25) is 0 Å². The zero-order valence-electron chi connectivity index (χ0n) is 15.1. The maximum atomic E-state index is 13.6. The first kappa shape index (κ1) is 19.5. The Bertz CT molecular complexity index is 1120. The molecule has 0 saturated carbocycles. The highest BCUT2D eigenvalue weighted by atomic mass is 32.2. The average Bonchev–Trinajstić information content (AvgIpc) is 3.37. The fourth-order valence-electron chi connectivity index (χ4n) is 2.66. The summed E-state index contributed by atoms with van der Waals surface area (Å²) < 4.78 is 33.6. The van der Waals surface area contributed by atoms with Crippen LogP contribution in [0.1, 0.15) is 12.5 Å². The van der Waals surface area contributed by atoms with Crippen LogP contribution in [0.2, 0.25) is 0 Å². The van der Waals surface area contributed by atoms with Crippen LogP contribution in [-0.4, -0.2) is 38.9 Å². The number of fused-ring (bicyclic) bond motifs is 1. The number of benzene rings is 1. The normalized spacial score (nSPS) is 13.8. The van der Waals surface area contributed by atoms with Crippen LogP contribution in [-0.2, 0) is 9.53 Å². The summed E-state index contributed by atoms with van der Waals surface area (Å²) >= 11 is 2.87. The third-order valence-corrected chi connectivity index (χ3v) is 5.77. The number of aromatic nitrogens is 3. The molecule has 1 aliphatic rings. The van der Waals surface area contributed by atoms with E-state index in [1.165, 1.54) is 35.2 Å². The number of esters is 1. The van der Waals surface area contributed by atoms with Gasteiger partial charge in [0, 0.05) is 5.75 Å². The highest BCUT2D eigenvalue weighted by Gasteiger charge is 2.26. The minimum Gasteiger partial charge on any atom is -0.462 e. The van der Waals surface area contributed by atoms with Crippen LogP contribution in [0.3, 0.4) is 0 Å². The first-order valence-electron chi connectivity index (χ1n) is 8.61. The summed E-state index contributed by atoms with van der Waals surface area (Å²) in [6.07, 6.45) is 1.44. The molecular weight excluding hydrogens is 418 g/mol. The molecule has 3 heterocycles. The zero-order valence-corrected chi connectivity index (χ0v) is 16.8. The molecule has 0 unspecified atom stereocenters. The molecule has 0 atom stereocenters. The molecule has 0 amide bonds. The Morgan fingerprint density at radius 2 is 2.14 bits per heavy atom. The van der Waals surface area contributed by atoms with E-state index < -0.39 is 17.6 Å². The van der Waals surface area contributed by atoms with Crippen molar-refractivity contribution in [2.24, 2.45) is 5.10 Å². The number of thiophene rings is 1. The van der Waals surface area contributed by atoms with Crippen molar-refractivity contribution in [1.29, 1.82) is 0 Å². The maximum absolute atomic E-state index is 13.6. The molecule has 2 aromatic heterocycles. The number of thioether (sulfide) groups is 1. The summed E-state index contributed by atoms with van der Waals surface area (Å²) in [5, 5.41) is 15.4. The Balaban J connectivity index is 1.78. The molecular formula is C19H14F2N4O2S2. The first-order chi connectivity index (χ1) is 14.1. The summed E-state index contributed by atoms with van der Waals surface area (Å²) in [6, 6.07) is 7.21. The SMILES string of the molecule is CCOC(=O)/C(=C\c1ccc(F)c(F)c1)C1=Nn2c(nnc2-c2cccs2)SC1. The highest BCUT2D eigenvalue weighted by molar-refractivity contribution is 7.99. The topological polar surface area (TPSA) is 69.4 Å². The molecule has 1 aromatic carbocycles. The van der Waals surface area contributed by atoms with E-state index in [2.05, 4.69) is 15.3 Å². The lowest BCUT2D eigenvalue weighted by molar-refractivity contribution is -0.137. The van der Waals surface area contributed by atoms with Gasteiger partial charge in [-0.05, 0) is 42.1 Å². The standard InChI is InChI=1S/C19H14F2N4O2S2/c1-2-27-18(26)12(8-11-5-6-13(20)14(21)9-11)15-10-29-19-23-22-17(25(19)24-15)16-4-3-7-28-16/h3-9H,2,10H2,1H3/b12-8-. The molecule has 3 aromatic rings. The van der Waals surface area contributed by atoms with Crippen molar-refractivity contribution in [3.8, 4) is 10.7 Å². The molecule has 0 fully saturated rings. The maximum Gasteiger partial charge on any atom is 0.340 e. The highest BCUT2D eigenvalue weighted by Crippen LogP contribution is 2.31. The van der Waals surface area contributed by atoms with E-state index >= 15 is 0 Å². The van der Waals surface area contributed by atoms with Gasteiger partial charge in [-0.1, -0.05) is 23.9 Å². The fourth-order valence-corrected chi connectivity index (χ4v) is 4.18. The van der Waals surface area contributed by atoms with Gasteiger partial charge in [0.1, 0.15) is 0 Å². The van der Waals surface area contributed by atoms with E-state index in [9.17, 15) is 13.6 Å². The first-order valence-corrected chi connectivity index (χ1v) is 10.5. The molecule has 0 N–H and O–H groups in total. The summed E-state index contributed by atoms with van der Waals surface area (Å²) in [5.74, 6) is -1.62. The van der Waals surface area contributed by atoms with Crippen LogP contribution >= 0.6 is 23.1 Å². The van der Waals surface area contributed by atoms with Gasteiger partial charge in [0.25, 0.3) is 0 Å². The third kappa shape index (κ3) is 3.99. The van der Waals surface area contributed by atoms with Crippen molar-refractivity contribution in [2.45, 2.75) is 12.1 Å². The van der Waals surface area contributed by atoms with Gasteiger partial charge in [-0.15, -0.1) is 21.5 Å². The van der Waals surface area contributed by atoms with Gasteiger partial charge < -0.3 is 4.74 Å². The number of halogens is 2. The van der Waals surface area contributed by atoms with Gasteiger partial charge in [-0.2, -0.15) is 9.78 Å². The van der Waals surface area contributed by atoms with E-state index in [-0.39, 0.29) is 12.2 Å².